The summed E-state index contributed by atoms with van der Waals surface area (Å²) in [5.74, 6) is 3.60. The van der Waals surface area contributed by atoms with Gasteiger partial charge < -0.3 is 19.3 Å². The number of ether oxygens (including phenoxy) is 2. The van der Waals surface area contributed by atoms with Crippen molar-refractivity contribution in [2.24, 2.45) is 0 Å². The van der Waals surface area contributed by atoms with Gasteiger partial charge in [0.2, 0.25) is 0 Å². The van der Waals surface area contributed by atoms with Gasteiger partial charge in [-0.15, -0.1) is 0 Å². The highest BCUT2D eigenvalue weighted by Gasteiger charge is 2.44. The van der Waals surface area contributed by atoms with E-state index in [-0.39, 0.29) is 13.4 Å². The van der Waals surface area contributed by atoms with Gasteiger partial charge >= 0.3 is 0 Å². The first-order valence-corrected chi connectivity index (χ1v) is 17.9. The predicted octanol–water partition coefficient (Wildman–Crippen LogP) is 7.65. The molecule has 0 unspecified atom stereocenters. The lowest BCUT2D eigenvalue weighted by Crippen LogP contribution is -2.60. The van der Waals surface area contributed by atoms with Crippen molar-refractivity contribution in [2.75, 3.05) is 9.80 Å². The normalized spacial score (nSPS) is 13.9. The minimum atomic E-state index is 0.0324. The first-order chi connectivity index (χ1) is 25.8. The number of anilines is 6. The summed E-state index contributed by atoms with van der Waals surface area (Å²) < 4.78 is 13.7. The molecule has 52 heavy (non-hydrogen) atoms. The van der Waals surface area contributed by atoms with Gasteiger partial charge in [-0.1, -0.05) is 97.1 Å². The fourth-order valence-corrected chi connectivity index (χ4v) is 9.22. The van der Waals surface area contributed by atoms with Crippen LogP contribution in [0, 0.1) is 0 Å². The topological polar surface area (TPSA) is 24.9 Å². The van der Waals surface area contributed by atoms with Gasteiger partial charge in [0, 0.05) is 34.1 Å². The lowest BCUT2D eigenvalue weighted by atomic mass is 9.33. The zero-order valence-corrected chi connectivity index (χ0v) is 28.0. The molecule has 8 aromatic rings. The Balaban J connectivity index is 1.06. The van der Waals surface area contributed by atoms with E-state index in [9.17, 15) is 0 Å². The van der Waals surface area contributed by atoms with Gasteiger partial charge in [-0.25, -0.2) is 0 Å². The highest BCUT2D eigenvalue weighted by Crippen LogP contribution is 2.43. The molecule has 240 valence electrons. The molecule has 4 aliphatic rings. The molecule has 4 heterocycles. The third kappa shape index (κ3) is 3.78. The Bertz CT molecular complexity index is 2600. The third-order valence-electron chi connectivity index (χ3n) is 11.3. The molecule has 8 aromatic carbocycles. The van der Waals surface area contributed by atoms with Crippen LogP contribution in [0.3, 0.4) is 0 Å². The average Bonchev–Trinajstić information content (AvgIpc) is 3.20. The number of fused-ring (bicyclic) bond motifs is 9. The molecule has 0 atom stereocenters. The Morgan fingerprint density at radius 1 is 0.327 bits per heavy atom. The van der Waals surface area contributed by atoms with Crippen molar-refractivity contribution in [3.05, 3.63) is 170 Å². The van der Waals surface area contributed by atoms with E-state index in [0.717, 1.165) is 51.1 Å². The molecule has 4 aliphatic heterocycles. The second kappa shape index (κ2) is 10.4. The standard InChI is InChI=1S/C46H28B2N2O2/c1-3-13-31(14-4-1)49-37-19-9-7-17-33(37)47-35-25-29-26-36-44(28-30(29)27-43(35)51-41-23-11-21-39(49)45(41)47)52-42-24-12-22-40-46(42)48(36)34-18-8-10-20-38(34)50(40)32-15-5-2-6-16-32/h1-28H. The molecule has 0 amide bonds. The van der Waals surface area contributed by atoms with Crippen LogP contribution in [0.2, 0.25) is 0 Å². The minimum Gasteiger partial charge on any atom is -0.458 e. The molecular weight excluding hydrogens is 634 g/mol. The number of para-hydroxylation sites is 4. The van der Waals surface area contributed by atoms with Crippen LogP contribution in [0.4, 0.5) is 34.1 Å². The van der Waals surface area contributed by atoms with Crippen molar-refractivity contribution >= 4 is 91.1 Å². The fraction of sp³-hybridized carbons (Fsp3) is 0. The van der Waals surface area contributed by atoms with Crippen molar-refractivity contribution in [2.45, 2.75) is 0 Å². The van der Waals surface area contributed by atoms with Gasteiger partial charge in [-0.3, -0.25) is 0 Å². The van der Waals surface area contributed by atoms with Crippen LogP contribution in [0.25, 0.3) is 10.8 Å². The lowest BCUT2D eigenvalue weighted by Gasteiger charge is -2.40. The van der Waals surface area contributed by atoms with Gasteiger partial charge in [-0.05, 0) is 116 Å². The Labute approximate surface area is 302 Å². The van der Waals surface area contributed by atoms with Crippen molar-refractivity contribution < 1.29 is 9.47 Å². The Kier molecular flexibility index (Phi) is 5.64. The monoisotopic (exact) mass is 662 g/mol. The van der Waals surface area contributed by atoms with Crippen molar-refractivity contribution in [3.63, 3.8) is 0 Å². The zero-order valence-electron chi connectivity index (χ0n) is 28.0. The molecule has 0 radical (unpaired) electrons. The number of hydrogen-bond donors (Lipinski definition) is 0. The molecule has 0 N–H and O–H groups in total. The summed E-state index contributed by atoms with van der Waals surface area (Å²) in [6, 6.07) is 61.0. The summed E-state index contributed by atoms with van der Waals surface area (Å²) in [6.45, 7) is 0.0647. The number of rotatable bonds is 2. The van der Waals surface area contributed by atoms with Crippen LogP contribution in [0.1, 0.15) is 0 Å². The van der Waals surface area contributed by atoms with Gasteiger partial charge in [0.25, 0.3) is 13.4 Å². The number of benzene rings is 8. The van der Waals surface area contributed by atoms with E-state index < -0.39 is 0 Å². The second-order valence-corrected chi connectivity index (χ2v) is 14.0. The number of nitrogens with zero attached hydrogens (tertiary/aromatic N) is 2. The first kappa shape index (κ1) is 28.1. The molecule has 0 saturated carbocycles. The summed E-state index contributed by atoms with van der Waals surface area (Å²) in [5, 5.41) is 2.28. The molecule has 0 fully saturated rings. The van der Waals surface area contributed by atoms with Crippen LogP contribution in [0.15, 0.2) is 170 Å². The van der Waals surface area contributed by atoms with Crippen LogP contribution < -0.4 is 52.1 Å². The maximum absolute atomic E-state index is 6.83. The molecule has 4 nitrogen and oxygen atoms in total. The van der Waals surface area contributed by atoms with Crippen LogP contribution in [0.5, 0.6) is 23.0 Å². The fourth-order valence-electron chi connectivity index (χ4n) is 9.22. The molecule has 0 aliphatic carbocycles. The van der Waals surface area contributed by atoms with E-state index in [2.05, 4.69) is 180 Å². The van der Waals surface area contributed by atoms with Gasteiger partial charge in [0.1, 0.15) is 23.0 Å². The molecular formula is C46H28B2N2O2. The molecule has 0 bridgehead atoms. The predicted molar refractivity (Wildman–Crippen MR) is 216 cm³/mol. The smallest absolute Gasteiger partial charge is 0.256 e. The first-order valence-electron chi connectivity index (χ1n) is 17.9. The SMILES string of the molecule is c1ccc(N2c3ccccc3B3c4cc5cc6c(cc5cc4Oc4cccc2c43)Oc2cccc3c2B6c2ccccc2N3c2ccccc2)cc1. The molecule has 0 aromatic heterocycles. The molecule has 6 heteroatoms. The van der Waals surface area contributed by atoms with E-state index in [1.807, 2.05) is 0 Å². The quantitative estimate of drug-likeness (QED) is 0.178. The van der Waals surface area contributed by atoms with Gasteiger partial charge in [-0.2, -0.15) is 0 Å². The average molecular weight is 662 g/mol. The number of hydrogen-bond acceptors (Lipinski definition) is 4. The Morgan fingerprint density at radius 3 is 1.21 bits per heavy atom. The van der Waals surface area contributed by atoms with Crippen LogP contribution in [-0.2, 0) is 0 Å². The lowest BCUT2D eigenvalue weighted by molar-refractivity contribution is 0.486. The summed E-state index contributed by atoms with van der Waals surface area (Å²) >= 11 is 0. The van der Waals surface area contributed by atoms with E-state index >= 15 is 0 Å². The summed E-state index contributed by atoms with van der Waals surface area (Å²) in [7, 11) is 0. The van der Waals surface area contributed by atoms with E-state index in [4.69, 9.17) is 9.47 Å². The Morgan fingerprint density at radius 2 is 0.731 bits per heavy atom. The summed E-state index contributed by atoms with van der Waals surface area (Å²) in [5.41, 5.74) is 14.3. The largest absolute Gasteiger partial charge is 0.458 e. The van der Waals surface area contributed by atoms with Gasteiger partial charge in [0.15, 0.2) is 0 Å². The highest BCUT2D eigenvalue weighted by molar-refractivity contribution is 7.00. The van der Waals surface area contributed by atoms with Crippen molar-refractivity contribution in [1.29, 1.82) is 0 Å². The Hall–Kier alpha value is -6.65. The second-order valence-electron chi connectivity index (χ2n) is 14.0. The maximum atomic E-state index is 6.83. The summed E-state index contributed by atoms with van der Waals surface area (Å²) in [6.07, 6.45) is 0. The van der Waals surface area contributed by atoms with E-state index in [0.29, 0.717) is 0 Å². The van der Waals surface area contributed by atoms with Gasteiger partial charge in [0.05, 0.1) is 0 Å². The van der Waals surface area contributed by atoms with Crippen LogP contribution in [-0.4, -0.2) is 13.4 Å². The molecule has 0 spiro atoms. The van der Waals surface area contributed by atoms with E-state index in [1.54, 1.807) is 0 Å². The zero-order chi connectivity index (χ0) is 33.9. The van der Waals surface area contributed by atoms with Crippen LogP contribution >= 0.6 is 0 Å². The third-order valence-corrected chi connectivity index (χ3v) is 11.3. The highest BCUT2D eigenvalue weighted by atomic mass is 16.5. The summed E-state index contributed by atoms with van der Waals surface area (Å²) in [4.78, 5) is 4.75. The molecule has 12 rings (SSSR count). The maximum Gasteiger partial charge on any atom is 0.256 e. The minimum absolute atomic E-state index is 0.0324. The van der Waals surface area contributed by atoms with Crippen molar-refractivity contribution in [1.82, 2.24) is 0 Å². The molecule has 0 saturated heterocycles. The van der Waals surface area contributed by atoms with Crippen molar-refractivity contribution in [3.8, 4) is 23.0 Å². The van der Waals surface area contributed by atoms with E-state index in [1.165, 1.54) is 49.5 Å².